The van der Waals surface area contributed by atoms with Crippen molar-refractivity contribution in [3.05, 3.63) is 279 Å². The number of fused-ring (bicyclic) bond motifs is 7. The maximum atomic E-state index is 5.19. The number of aromatic nitrogens is 4. The second kappa shape index (κ2) is 18.5. The van der Waals surface area contributed by atoms with E-state index in [-0.39, 0.29) is 0 Å². The highest BCUT2D eigenvalue weighted by Gasteiger charge is 2.23. The maximum Gasteiger partial charge on any atom is 0.145 e. The van der Waals surface area contributed by atoms with Crippen LogP contribution in [0.5, 0.6) is 0 Å². The van der Waals surface area contributed by atoms with Gasteiger partial charge < -0.3 is 0 Å². The van der Waals surface area contributed by atoms with E-state index in [0.717, 1.165) is 33.8 Å². The predicted molar refractivity (Wildman–Crippen MR) is 360 cm³/mol. The van der Waals surface area contributed by atoms with Gasteiger partial charge in [0.15, 0.2) is 0 Å². The second-order valence-electron chi connectivity index (χ2n) is 21.9. The lowest BCUT2D eigenvalue weighted by atomic mass is 9.94. The zero-order valence-electron chi connectivity index (χ0n) is 45.2. The largest absolute Gasteiger partial charge is 0.294 e. The fourth-order valence-electron chi connectivity index (χ4n) is 13.7. The Bertz CT molecular complexity index is 5810. The maximum absolute atomic E-state index is 5.19. The van der Waals surface area contributed by atoms with Gasteiger partial charge in [-0.15, -0.1) is 22.7 Å². The molecule has 84 heavy (non-hydrogen) atoms. The summed E-state index contributed by atoms with van der Waals surface area (Å²) in [6, 6.07) is 98.9. The van der Waals surface area contributed by atoms with Crippen LogP contribution in [0.3, 0.4) is 0 Å². The van der Waals surface area contributed by atoms with E-state index >= 15 is 0 Å². The van der Waals surface area contributed by atoms with Crippen LogP contribution in [-0.2, 0) is 0 Å². The molecule has 0 atom stereocenters. The number of pyridine rings is 2. The predicted octanol–water partition coefficient (Wildman–Crippen LogP) is 22.1. The molecular formula is C78H46N4S2. The Morgan fingerprint density at radius 3 is 1.37 bits per heavy atom. The second-order valence-corrected chi connectivity index (χ2v) is 24.1. The van der Waals surface area contributed by atoms with Gasteiger partial charge in [0.05, 0.1) is 27.8 Å². The first-order chi connectivity index (χ1) is 41.7. The highest BCUT2D eigenvalue weighted by Crippen LogP contribution is 2.47. The van der Waals surface area contributed by atoms with E-state index in [0.29, 0.717) is 0 Å². The molecule has 390 valence electrons. The van der Waals surface area contributed by atoms with Crippen LogP contribution in [0.4, 0.5) is 0 Å². The summed E-state index contributed by atoms with van der Waals surface area (Å²) >= 11 is 3.73. The Labute approximate surface area is 490 Å². The number of thiophene rings is 2. The van der Waals surface area contributed by atoms with E-state index in [4.69, 9.17) is 9.97 Å². The van der Waals surface area contributed by atoms with Crippen LogP contribution < -0.4 is 0 Å². The van der Waals surface area contributed by atoms with Crippen molar-refractivity contribution < 1.29 is 0 Å². The van der Waals surface area contributed by atoms with E-state index in [1.807, 2.05) is 34.9 Å². The molecular weight excluding hydrogens is 1060 g/mol. The van der Waals surface area contributed by atoms with Gasteiger partial charge in [-0.2, -0.15) is 0 Å². The van der Waals surface area contributed by atoms with Gasteiger partial charge >= 0.3 is 0 Å². The van der Waals surface area contributed by atoms with E-state index in [1.54, 1.807) is 0 Å². The molecule has 0 saturated carbocycles. The van der Waals surface area contributed by atoms with Crippen molar-refractivity contribution in [3.8, 4) is 56.3 Å². The fourth-order valence-corrected chi connectivity index (χ4v) is 15.8. The quantitative estimate of drug-likeness (QED) is 0.156. The Morgan fingerprint density at radius 1 is 0.274 bits per heavy atom. The highest BCUT2D eigenvalue weighted by atomic mass is 32.1. The number of benzene rings is 13. The smallest absolute Gasteiger partial charge is 0.145 e. The van der Waals surface area contributed by atoms with Gasteiger partial charge in [0, 0.05) is 84.6 Å². The zero-order valence-corrected chi connectivity index (χ0v) is 46.8. The molecule has 0 bridgehead atoms. The summed E-state index contributed by atoms with van der Waals surface area (Å²) < 4.78 is 10.0. The minimum Gasteiger partial charge on any atom is -0.294 e. The molecule has 0 saturated heterocycles. The first-order valence-electron chi connectivity index (χ1n) is 28.5. The molecule has 0 unspecified atom stereocenters. The Hall–Kier alpha value is -10.5. The van der Waals surface area contributed by atoms with E-state index in [2.05, 4.69) is 276 Å². The molecule has 0 amide bonds. The van der Waals surface area contributed by atoms with E-state index < -0.39 is 0 Å². The monoisotopic (exact) mass is 1100 g/mol. The topological polar surface area (TPSA) is 35.6 Å². The summed E-state index contributed by atoms with van der Waals surface area (Å²) in [5, 5.41) is 17.9. The van der Waals surface area contributed by atoms with Crippen LogP contribution in [0.1, 0.15) is 0 Å². The van der Waals surface area contributed by atoms with Crippen molar-refractivity contribution in [2.24, 2.45) is 0 Å². The summed E-state index contributed by atoms with van der Waals surface area (Å²) in [6.45, 7) is 0. The van der Waals surface area contributed by atoms with Gasteiger partial charge in [0.2, 0.25) is 0 Å². The molecule has 6 aromatic heterocycles. The average Bonchev–Trinajstić information content (AvgIpc) is 1.74. The lowest BCUT2D eigenvalue weighted by molar-refractivity contribution is 1.08. The minimum absolute atomic E-state index is 0.935. The molecule has 0 fully saturated rings. The molecule has 0 radical (unpaired) electrons. The van der Waals surface area contributed by atoms with Crippen molar-refractivity contribution >= 4 is 139 Å². The number of hydrogen-bond acceptors (Lipinski definition) is 4. The standard InChI is InChI=1S/C41H24N2S.C37H22N2S/c1-2-9-25(10-3-1)34-24-42-41(32-14-5-4-12-29(32)34)43-35-15-8-11-26-17-19-31-28(20-21-36(43)40(31)39(26)35)27-18-22-38-33(23-27)30-13-6-7-16-37(30)44-38;1-2-8-23(9-3-1)30-12-7-15-35(38-30)39-31-13-6-10-24-16-18-28-26(19-20-32(39)37(28)36(24)31)25-17-21-34-29(22-25)27-11-4-5-14-33(27)40-34/h1-24H;1-22H. The van der Waals surface area contributed by atoms with Crippen LogP contribution >= 0.6 is 22.7 Å². The molecule has 0 N–H and O–H groups in total. The molecule has 19 aromatic rings. The first kappa shape index (κ1) is 47.2. The van der Waals surface area contributed by atoms with Gasteiger partial charge in [-0.05, 0) is 128 Å². The lowest BCUT2D eigenvalue weighted by Gasteiger charge is -2.14. The minimum atomic E-state index is 0.935. The van der Waals surface area contributed by atoms with Gasteiger partial charge in [-0.25, -0.2) is 9.97 Å². The third-order valence-corrected chi connectivity index (χ3v) is 19.7. The third-order valence-electron chi connectivity index (χ3n) is 17.4. The van der Waals surface area contributed by atoms with Crippen LogP contribution in [0.15, 0.2) is 279 Å². The summed E-state index contributed by atoms with van der Waals surface area (Å²) in [4.78, 5) is 10.3. The molecule has 0 spiro atoms. The van der Waals surface area contributed by atoms with Gasteiger partial charge in [-0.1, -0.05) is 200 Å². The van der Waals surface area contributed by atoms with Crippen molar-refractivity contribution in [1.82, 2.24) is 19.1 Å². The SMILES string of the molecule is c1ccc(-c2cccc(-n3c4cccc5ccc6c(-c7ccc8sc9ccccc9c8c7)ccc3c6c54)n2)cc1.c1ccc(-c2cnc(-n3c4cccc5ccc6c(-c7ccc8sc9ccccc9c8c7)ccc3c6c54)c3ccccc23)cc1. The summed E-state index contributed by atoms with van der Waals surface area (Å²) in [7, 11) is 0. The van der Waals surface area contributed by atoms with Crippen LogP contribution in [0.2, 0.25) is 0 Å². The normalized spacial score (nSPS) is 12.0. The van der Waals surface area contributed by atoms with Crippen molar-refractivity contribution in [1.29, 1.82) is 0 Å². The first-order valence-corrected chi connectivity index (χ1v) is 30.2. The number of rotatable bonds is 6. The fraction of sp³-hybridized carbons (Fsp3) is 0. The summed E-state index contributed by atoms with van der Waals surface area (Å²) in [5.74, 6) is 1.90. The van der Waals surface area contributed by atoms with E-state index in [1.165, 1.54) is 139 Å². The number of nitrogens with zero attached hydrogens (tertiary/aromatic N) is 4. The molecule has 6 heterocycles. The molecule has 4 nitrogen and oxygen atoms in total. The van der Waals surface area contributed by atoms with Crippen molar-refractivity contribution in [3.63, 3.8) is 0 Å². The molecule has 0 aliphatic rings. The van der Waals surface area contributed by atoms with Gasteiger partial charge in [0.25, 0.3) is 0 Å². The average molecular weight is 1100 g/mol. The highest BCUT2D eigenvalue weighted by molar-refractivity contribution is 7.26. The summed E-state index contributed by atoms with van der Waals surface area (Å²) in [5.41, 5.74) is 14.2. The zero-order chi connectivity index (χ0) is 55.0. The van der Waals surface area contributed by atoms with Crippen LogP contribution in [0.25, 0.3) is 173 Å². The molecule has 13 aromatic carbocycles. The van der Waals surface area contributed by atoms with Crippen molar-refractivity contribution in [2.75, 3.05) is 0 Å². The number of hydrogen-bond donors (Lipinski definition) is 0. The van der Waals surface area contributed by atoms with Gasteiger partial charge in [0.1, 0.15) is 11.6 Å². The Kier molecular flexibility index (Phi) is 10.4. The van der Waals surface area contributed by atoms with Crippen molar-refractivity contribution in [2.45, 2.75) is 0 Å². The van der Waals surface area contributed by atoms with E-state index in [9.17, 15) is 0 Å². The Balaban J connectivity index is 0.000000128. The van der Waals surface area contributed by atoms with Crippen LogP contribution in [0, 0.1) is 0 Å². The third kappa shape index (κ3) is 7.11. The Morgan fingerprint density at radius 2 is 0.762 bits per heavy atom. The summed E-state index contributed by atoms with van der Waals surface area (Å²) in [6.07, 6.45) is 2.04. The molecule has 0 aliphatic heterocycles. The van der Waals surface area contributed by atoms with Crippen LogP contribution in [-0.4, -0.2) is 19.1 Å². The molecule has 19 rings (SSSR count). The molecule has 6 heteroatoms. The lowest BCUT2D eigenvalue weighted by Crippen LogP contribution is -1.99. The molecule has 0 aliphatic carbocycles. The van der Waals surface area contributed by atoms with Gasteiger partial charge in [-0.3, -0.25) is 9.13 Å².